The van der Waals surface area contributed by atoms with Crippen molar-refractivity contribution in [2.24, 2.45) is 11.8 Å². The van der Waals surface area contributed by atoms with Crippen molar-refractivity contribution >= 4 is 5.97 Å². The fourth-order valence-corrected chi connectivity index (χ4v) is 4.92. The minimum atomic E-state index is -0.291. The maximum absolute atomic E-state index is 12.2. The summed E-state index contributed by atoms with van der Waals surface area (Å²) in [5.41, 5.74) is 2.28. The molecule has 0 saturated heterocycles. The fourth-order valence-electron chi connectivity index (χ4n) is 4.92. The molecule has 1 atom stereocenters. The highest BCUT2D eigenvalue weighted by Gasteiger charge is 2.35. The van der Waals surface area contributed by atoms with Crippen LogP contribution in [0.15, 0.2) is 48.5 Å². The van der Waals surface area contributed by atoms with Gasteiger partial charge in [-0.2, -0.15) is 0 Å². The van der Waals surface area contributed by atoms with Crippen LogP contribution < -0.4 is 9.47 Å². The molecule has 1 fully saturated rings. The summed E-state index contributed by atoms with van der Waals surface area (Å²) < 4.78 is 17.3. The largest absolute Gasteiger partial charge is 0.489 e. The second-order valence-corrected chi connectivity index (χ2v) is 10.5. The maximum atomic E-state index is 12.2. The molecular formula is C30H42O4. The molecule has 0 spiro atoms. The highest BCUT2D eigenvalue weighted by molar-refractivity contribution is 5.71. The Bertz CT molecular complexity index is 877. The Balaban J connectivity index is 1.46. The lowest BCUT2D eigenvalue weighted by atomic mass is 9.82. The number of benzene rings is 2. The molecule has 1 aliphatic rings. The molecule has 2 aromatic carbocycles. The van der Waals surface area contributed by atoms with E-state index in [0.717, 1.165) is 43.4 Å². The van der Waals surface area contributed by atoms with E-state index in [2.05, 4.69) is 58.9 Å². The molecule has 1 aliphatic carbocycles. The first-order valence-electron chi connectivity index (χ1n) is 13.0. The van der Waals surface area contributed by atoms with Crippen molar-refractivity contribution in [1.29, 1.82) is 0 Å². The van der Waals surface area contributed by atoms with Crippen LogP contribution in [-0.2, 0) is 16.1 Å². The topological polar surface area (TPSA) is 44.8 Å². The highest BCUT2D eigenvalue weighted by atomic mass is 16.6. The molecule has 1 unspecified atom stereocenters. The Morgan fingerprint density at radius 3 is 2.00 bits per heavy atom. The van der Waals surface area contributed by atoms with Crippen LogP contribution in [0.5, 0.6) is 11.5 Å². The lowest BCUT2D eigenvalue weighted by Gasteiger charge is -2.27. The van der Waals surface area contributed by atoms with Crippen LogP contribution in [0, 0.1) is 11.8 Å². The van der Waals surface area contributed by atoms with E-state index in [0.29, 0.717) is 30.1 Å². The number of rotatable bonds is 12. The van der Waals surface area contributed by atoms with E-state index in [1.165, 1.54) is 12.0 Å². The Morgan fingerprint density at radius 2 is 1.47 bits per heavy atom. The van der Waals surface area contributed by atoms with Crippen molar-refractivity contribution in [2.75, 3.05) is 6.61 Å². The van der Waals surface area contributed by atoms with Gasteiger partial charge in [0, 0.05) is 0 Å². The van der Waals surface area contributed by atoms with Crippen LogP contribution >= 0.6 is 0 Å². The molecule has 0 amide bonds. The van der Waals surface area contributed by atoms with E-state index in [4.69, 9.17) is 14.2 Å². The van der Waals surface area contributed by atoms with Crippen LogP contribution in [0.2, 0.25) is 0 Å². The third-order valence-electron chi connectivity index (χ3n) is 7.01. The first kappa shape index (κ1) is 26.1. The Labute approximate surface area is 206 Å². The number of esters is 1. The predicted molar refractivity (Wildman–Crippen MR) is 137 cm³/mol. The van der Waals surface area contributed by atoms with Gasteiger partial charge in [-0.05, 0) is 91.7 Å². The number of carbonyl (C=O) groups excluding carboxylic acids is 1. The average molecular weight is 467 g/mol. The summed E-state index contributed by atoms with van der Waals surface area (Å²) in [5.74, 6) is 3.02. The van der Waals surface area contributed by atoms with Gasteiger partial charge < -0.3 is 14.2 Å². The molecule has 186 valence electrons. The Hall–Kier alpha value is -2.49. The standard InChI is InChI=1S/C30H42O4/c1-6-30(17-7-8-18-30)34-29(31)21-33-27-15-13-26(14-16-27)32-20-24-9-11-25(12-10-24)28(23(4)5)19-22(2)3/h9-16,22-23,28H,6-8,17-21H2,1-5H3. The van der Waals surface area contributed by atoms with E-state index >= 15 is 0 Å². The zero-order chi connectivity index (χ0) is 24.6. The molecule has 0 aliphatic heterocycles. The number of hydrogen-bond acceptors (Lipinski definition) is 4. The first-order valence-corrected chi connectivity index (χ1v) is 13.0. The zero-order valence-corrected chi connectivity index (χ0v) is 21.6. The Kier molecular flexibility index (Phi) is 9.44. The molecule has 0 heterocycles. The summed E-state index contributed by atoms with van der Waals surface area (Å²) in [6, 6.07) is 16.2. The summed E-state index contributed by atoms with van der Waals surface area (Å²) >= 11 is 0. The van der Waals surface area contributed by atoms with Crippen molar-refractivity contribution in [3.05, 3.63) is 59.7 Å². The van der Waals surface area contributed by atoms with Gasteiger partial charge in [0.2, 0.25) is 0 Å². The molecule has 4 heteroatoms. The van der Waals surface area contributed by atoms with Crippen molar-refractivity contribution in [1.82, 2.24) is 0 Å². The van der Waals surface area contributed by atoms with E-state index < -0.39 is 0 Å². The summed E-state index contributed by atoms with van der Waals surface area (Å²) in [7, 11) is 0. The van der Waals surface area contributed by atoms with Gasteiger partial charge in [0.15, 0.2) is 6.61 Å². The summed E-state index contributed by atoms with van der Waals surface area (Å²) in [6.07, 6.45) is 6.25. The average Bonchev–Trinajstić information content (AvgIpc) is 3.29. The van der Waals surface area contributed by atoms with Crippen molar-refractivity contribution in [3.8, 4) is 11.5 Å². The molecule has 4 nitrogen and oxygen atoms in total. The number of carbonyl (C=O) groups is 1. The van der Waals surface area contributed by atoms with Crippen molar-refractivity contribution in [2.45, 2.75) is 91.3 Å². The summed E-state index contributed by atoms with van der Waals surface area (Å²) in [5, 5.41) is 0. The van der Waals surface area contributed by atoms with Crippen molar-refractivity contribution in [3.63, 3.8) is 0 Å². The molecular weight excluding hydrogens is 424 g/mol. The zero-order valence-electron chi connectivity index (χ0n) is 21.6. The molecule has 34 heavy (non-hydrogen) atoms. The molecule has 0 N–H and O–H groups in total. The fraction of sp³-hybridized carbons (Fsp3) is 0.567. The lowest BCUT2D eigenvalue weighted by molar-refractivity contribution is -0.162. The lowest BCUT2D eigenvalue weighted by Crippen LogP contribution is -2.33. The second-order valence-electron chi connectivity index (χ2n) is 10.5. The second kappa shape index (κ2) is 12.3. The predicted octanol–water partition coefficient (Wildman–Crippen LogP) is 7.70. The number of ether oxygens (including phenoxy) is 3. The highest BCUT2D eigenvalue weighted by Crippen LogP contribution is 2.36. The molecule has 2 aromatic rings. The molecule has 0 bridgehead atoms. The van der Waals surface area contributed by atoms with Gasteiger partial charge >= 0.3 is 5.97 Å². The smallest absolute Gasteiger partial charge is 0.344 e. The van der Waals surface area contributed by atoms with Crippen LogP contribution in [0.1, 0.15) is 90.2 Å². The SMILES string of the molecule is CCC1(OC(=O)COc2ccc(OCc3ccc(C(CC(C)C)C(C)C)cc3)cc2)CCCC1. The van der Waals surface area contributed by atoms with Gasteiger partial charge in [-0.15, -0.1) is 0 Å². The molecule has 3 rings (SSSR count). The Morgan fingerprint density at radius 1 is 0.882 bits per heavy atom. The minimum absolute atomic E-state index is 0.0670. The normalized spacial score (nSPS) is 16.0. The third-order valence-corrected chi connectivity index (χ3v) is 7.01. The van der Waals surface area contributed by atoms with Gasteiger partial charge in [-0.3, -0.25) is 0 Å². The van der Waals surface area contributed by atoms with Gasteiger partial charge in [0.05, 0.1) is 0 Å². The van der Waals surface area contributed by atoms with Crippen molar-refractivity contribution < 1.29 is 19.0 Å². The van der Waals surface area contributed by atoms with Gasteiger partial charge in [-0.1, -0.05) is 58.9 Å². The van der Waals surface area contributed by atoms with Crippen LogP contribution in [0.25, 0.3) is 0 Å². The van der Waals surface area contributed by atoms with Gasteiger partial charge in [0.1, 0.15) is 23.7 Å². The van der Waals surface area contributed by atoms with E-state index in [9.17, 15) is 4.79 Å². The maximum Gasteiger partial charge on any atom is 0.344 e. The van der Waals surface area contributed by atoms with Crippen LogP contribution in [0.4, 0.5) is 0 Å². The third kappa shape index (κ3) is 7.51. The molecule has 1 saturated carbocycles. The monoisotopic (exact) mass is 466 g/mol. The minimum Gasteiger partial charge on any atom is -0.489 e. The first-order chi connectivity index (χ1) is 16.3. The number of hydrogen-bond donors (Lipinski definition) is 0. The van der Waals surface area contributed by atoms with Gasteiger partial charge in [0.25, 0.3) is 0 Å². The van der Waals surface area contributed by atoms with E-state index in [-0.39, 0.29) is 18.2 Å². The van der Waals surface area contributed by atoms with E-state index in [1.54, 1.807) is 0 Å². The summed E-state index contributed by atoms with van der Waals surface area (Å²) in [6.45, 7) is 11.7. The van der Waals surface area contributed by atoms with E-state index in [1.807, 2.05) is 24.3 Å². The van der Waals surface area contributed by atoms with Crippen LogP contribution in [-0.4, -0.2) is 18.2 Å². The quantitative estimate of drug-likeness (QED) is 0.301. The molecule has 0 aromatic heterocycles. The molecule has 0 radical (unpaired) electrons. The van der Waals surface area contributed by atoms with Crippen LogP contribution in [0.3, 0.4) is 0 Å². The summed E-state index contributed by atoms with van der Waals surface area (Å²) in [4.78, 5) is 12.2. The van der Waals surface area contributed by atoms with Gasteiger partial charge in [-0.25, -0.2) is 4.79 Å².